The fourth-order valence-electron chi connectivity index (χ4n) is 2.83. The second kappa shape index (κ2) is 5.41. The van der Waals surface area contributed by atoms with Gasteiger partial charge in [0.15, 0.2) is 5.65 Å². The first-order valence-electron chi connectivity index (χ1n) is 7.82. The Morgan fingerprint density at radius 2 is 1.96 bits per heavy atom. The van der Waals surface area contributed by atoms with E-state index in [1.165, 1.54) is 0 Å². The van der Waals surface area contributed by atoms with Crippen LogP contribution in [0.25, 0.3) is 22.2 Å². The molecule has 0 aliphatic carbocycles. The minimum absolute atomic E-state index is 0.538. The number of nitrogens with zero attached hydrogens (tertiary/aromatic N) is 6. The van der Waals surface area contributed by atoms with E-state index in [0.717, 1.165) is 27.9 Å². The lowest BCUT2D eigenvalue weighted by Crippen LogP contribution is -1.95. The van der Waals surface area contributed by atoms with Crippen molar-refractivity contribution in [3.8, 4) is 5.69 Å². The highest BCUT2D eigenvalue weighted by molar-refractivity contribution is 5.82. The summed E-state index contributed by atoms with van der Waals surface area (Å²) in [5, 5.41) is 8.83. The van der Waals surface area contributed by atoms with Crippen LogP contribution in [0.4, 0.5) is 11.6 Å². The van der Waals surface area contributed by atoms with Gasteiger partial charge in [0.1, 0.15) is 0 Å². The van der Waals surface area contributed by atoms with Crippen LogP contribution in [0.15, 0.2) is 73.6 Å². The molecule has 0 unspecified atom stereocenters. The number of anilines is 2. The third-order valence-corrected chi connectivity index (χ3v) is 3.98. The van der Waals surface area contributed by atoms with Gasteiger partial charge in [0, 0.05) is 35.9 Å². The first-order valence-corrected chi connectivity index (χ1v) is 7.82. The second-order valence-electron chi connectivity index (χ2n) is 5.60. The summed E-state index contributed by atoms with van der Waals surface area (Å²) < 4.78 is 3.66. The average Bonchev–Trinajstić information content (AvgIpc) is 3.30. The SMILES string of the molecule is c1cnc2ccc(Nc3nc4c(-n5ccnc5)cccn4n3)cc2c1. The van der Waals surface area contributed by atoms with Gasteiger partial charge in [-0.3, -0.25) is 4.98 Å². The Kier molecular flexibility index (Phi) is 2.96. The number of fused-ring (bicyclic) bond motifs is 2. The molecule has 0 fully saturated rings. The third-order valence-electron chi connectivity index (χ3n) is 3.98. The number of hydrogen-bond acceptors (Lipinski definition) is 5. The molecule has 1 N–H and O–H groups in total. The molecule has 120 valence electrons. The molecule has 0 aliphatic heterocycles. The van der Waals surface area contributed by atoms with E-state index in [1.807, 2.05) is 59.4 Å². The minimum Gasteiger partial charge on any atom is -0.323 e. The number of hydrogen-bond donors (Lipinski definition) is 1. The van der Waals surface area contributed by atoms with E-state index in [-0.39, 0.29) is 0 Å². The molecule has 0 bridgehead atoms. The molecule has 0 spiro atoms. The zero-order valence-electron chi connectivity index (χ0n) is 13.1. The first-order chi connectivity index (χ1) is 12.4. The number of imidazole rings is 1. The number of nitrogens with one attached hydrogen (secondary N) is 1. The molecule has 25 heavy (non-hydrogen) atoms. The molecule has 7 nitrogen and oxygen atoms in total. The molecule has 1 aromatic carbocycles. The van der Waals surface area contributed by atoms with Crippen LogP contribution in [0.2, 0.25) is 0 Å². The molecule has 0 saturated heterocycles. The van der Waals surface area contributed by atoms with Crippen LogP contribution in [-0.2, 0) is 0 Å². The van der Waals surface area contributed by atoms with Crippen molar-refractivity contribution in [2.45, 2.75) is 0 Å². The van der Waals surface area contributed by atoms with E-state index in [4.69, 9.17) is 0 Å². The molecule has 4 aromatic heterocycles. The molecule has 5 aromatic rings. The van der Waals surface area contributed by atoms with E-state index >= 15 is 0 Å². The van der Waals surface area contributed by atoms with E-state index in [1.54, 1.807) is 23.2 Å². The highest BCUT2D eigenvalue weighted by atomic mass is 15.4. The Labute approximate surface area is 142 Å². The topological polar surface area (TPSA) is 72.9 Å². The van der Waals surface area contributed by atoms with Crippen LogP contribution in [0, 0.1) is 0 Å². The summed E-state index contributed by atoms with van der Waals surface area (Å²) in [7, 11) is 0. The quantitative estimate of drug-likeness (QED) is 0.551. The Morgan fingerprint density at radius 3 is 2.88 bits per heavy atom. The zero-order chi connectivity index (χ0) is 16.6. The summed E-state index contributed by atoms with van der Waals surface area (Å²) in [6.07, 6.45) is 9.03. The van der Waals surface area contributed by atoms with Crippen molar-refractivity contribution in [3.05, 3.63) is 73.6 Å². The van der Waals surface area contributed by atoms with Gasteiger partial charge >= 0.3 is 0 Å². The van der Waals surface area contributed by atoms with Crippen LogP contribution >= 0.6 is 0 Å². The largest absolute Gasteiger partial charge is 0.323 e. The Morgan fingerprint density at radius 1 is 0.960 bits per heavy atom. The van der Waals surface area contributed by atoms with Crippen molar-refractivity contribution >= 4 is 28.2 Å². The van der Waals surface area contributed by atoms with Crippen molar-refractivity contribution in [2.24, 2.45) is 0 Å². The van der Waals surface area contributed by atoms with Crippen LogP contribution in [-0.4, -0.2) is 29.1 Å². The van der Waals surface area contributed by atoms with Gasteiger partial charge < -0.3 is 9.88 Å². The van der Waals surface area contributed by atoms with Crippen LogP contribution in [0.5, 0.6) is 0 Å². The van der Waals surface area contributed by atoms with Gasteiger partial charge in [0.2, 0.25) is 5.95 Å². The van der Waals surface area contributed by atoms with Gasteiger partial charge in [0.25, 0.3) is 0 Å². The number of benzene rings is 1. The molecule has 0 atom stereocenters. The Balaban J connectivity index is 1.55. The van der Waals surface area contributed by atoms with E-state index in [0.29, 0.717) is 5.95 Å². The standard InChI is InChI=1S/C18H13N7/c1-3-13-11-14(5-6-15(13)20-7-1)21-18-22-17-16(24-10-8-19-12-24)4-2-9-25(17)23-18/h1-12H,(H,21,23). The lowest BCUT2D eigenvalue weighted by atomic mass is 10.2. The predicted molar refractivity (Wildman–Crippen MR) is 95.1 cm³/mol. The summed E-state index contributed by atoms with van der Waals surface area (Å²) in [4.78, 5) is 13.0. The molecule has 0 radical (unpaired) electrons. The summed E-state index contributed by atoms with van der Waals surface area (Å²) >= 11 is 0. The Bertz CT molecular complexity index is 1170. The molecule has 0 saturated carbocycles. The third kappa shape index (κ3) is 2.38. The highest BCUT2D eigenvalue weighted by Gasteiger charge is 2.09. The van der Waals surface area contributed by atoms with E-state index in [9.17, 15) is 0 Å². The maximum Gasteiger partial charge on any atom is 0.247 e. The van der Waals surface area contributed by atoms with E-state index < -0.39 is 0 Å². The van der Waals surface area contributed by atoms with Gasteiger partial charge in [-0.15, -0.1) is 5.10 Å². The van der Waals surface area contributed by atoms with Gasteiger partial charge in [-0.05, 0) is 36.4 Å². The van der Waals surface area contributed by atoms with Crippen LogP contribution in [0.3, 0.4) is 0 Å². The van der Waals surface area contributed by atoms with Gasteiger partial charge in [0.05, 0.1) is 17.5 Å². The lowest BCUT2D eigenvalue weighted by molar-refractivity contribution is 0.947. The van der Waals surface area contributed by atoms with Crippen LogP contribution < -0.4 is 5.32 Å². The molecular formula is C18H13N7. The Hall–Kier alpha value is -3.74. The van der Waals surface area contributed by atoms with Crippen molar-refractivity contribution in [1.29, 1.82) is 0 Å². The van der Waals surface area contributed by atoms with Crippen molar-refractivity contribution in [1.82, 2.24) is 29.1 Å². The summed E-state index contributed by atoms with van der Waals surface area (Å²) in [6, 6.07) is 13.8. The van der Waals surface area contributed by atoms with Crippen molar-refractivity contribution in [2.75, 3.05) is 5.32 Å². The monoisotopic (exact) mass is 327 g/mol. The van der Waals surface area contributed by atoms with Crippen LogP contribution in [0.1, 0.15) is 0 Å². The number of aromatic nitrogens is 6. The fraction of sp³-hybridized carbons (Fsp3) is 0. The maximum atomic E-state index is 4.62. The molecule has 0 aliphatic rings. The lowest BCUT2D eigenvalue weighted by Gasteiger charge is -2.03. The zero-order valence-corrected chi connectivity index (χ0v) is 13.1. The minimum atomic E-state index is 0.538. The molecule has 5 rings (SSSR count). The molecule has 7 heteroatoms. The maximum absolute atomic E-state index is 4.62. The van der Waals surface area contributed by atoms with Gasteiger partial charge in [-0.1, -0.05) is 6.07 Å². The predicted octanol–water partition coefficient (Wildman–Crippen LogP) is 3.21. The molecular weight excluding hydrogens is 314 g/mol. The first kappa shape index (κ1) is 13.7. The summed E-state index contributed by atoms with van der Waals surface area (Å²) in [5.41, 5.74) is 3.55. The van der Waals surface area contributed by atoms with Gasteiger partial charge in [-0.2, -0.15) is 4.98 Å². The van der Waals surface area contributed by atoms with Crippen molar-refractivity contribution in [3.63, 3.8) is 0 Å². The number of rotatable bonds is 3. The average molecular weight is 327 g/mol. The second-order valence-corrected chi connectivity index (χ2v) is 5.60. The molecule has 0 amide bonds. The highest BCUT2D eigenvalue weighted by Crippen LogP contribution is 2.21. The summed E-state index contributed by atoms with van der Waals surface area (Å²) in [5.74, 6) is 0.538. The van der Waals surface area contributed by atoms with E-state index in [2.05, 4.69) is 25.4 Å². The fourth-order valence-corrected chi connectivity index (χ4v) is 2.83. The smallest absolute Gasteiger partial charge is 0.247 e. The number of pyridine rings is 2. The van der Waals surface area contributed by atoms with Gasteiger partial charge in [-0.25, -0.2) is 9.50 Å². The molecule has 4 heterocycles. The summed E-state index contributed by atoms with van der Waals surface area (Å²) in [6.45, 7) is 0. The van der Waals surface area contributed by atoms with Crippen molar-refractivity contribution < 1.29 is 0 Å². The normalized spacial score (nSPS) is 11.2.